The molecular formula is C21H34N4O4S. The molecule has 30 heavy (non-hydrogen) atoms. The van der Waals surface area contributed by atoms with Crippen LogP contribution in [0, 0.1) is 5.92 Å². The lowest BCUT2D eigenvalue weighted by molar-refractivity contribution is -0.130. The van der Waals surface area contributed by atoms with Crippen molar-refractivity contribution in [3.05, 3.63) is 29.8 Å². The molecule has 0 saturated carbocycles. The Morgan fingerprint density at radius 2 is 1.73 bits per heavy atom. The van der Waals surface area contributed by atoms with Gasteiger partial charge in [-0.15, -0.1) is 0 Å². The summed E-state index contributed by atoms with van der Waals surface area (Å²) in [5.74, 6) is 0.184. The van der Waals surface area contributed by atoms with Crippen LogP contribution in [0.25, 0.3) is 0 Å². The predicted octanol–water partition coefficient (Wildman–Crippen LogP) is 0.778. The fraction of sp³-hybridized carbons (Fsp3) is 0.571. The van der Waals surface area contributed by atoms with Crippen molar-refractivity contribution < 1.29 is 19.5 Å². The Morgan fingerprint density at radius 3 is 2.33 bits per heavy atom. The average Bonchev–Trinajstić information content (AvgIpc) is 2.70. The second-order valence-electron chi connectivity index (χ2n) is 7.57. The largest absolute Gasteiger partial charge is 0.508 e. The number of thioether (sulfide) groups is 1. The normalized spacial score (nSPS) is 12.8. The molecule has 0 unspecified atom stereocenters. The van der Waals surface area contributed by atoms with E-state index in [1.165, 1.54) is 12.1 Å². The van der Waals surface area contributed by atoms with E-state index in [9.17, 15) is 19.5 Å². The van der Waals surface area contributed by atoms with E-state index in [0.29, 0.717) is 24.6 Å². The molecule has 0 aliphatic rings. The van der Waals surface area contributed by atoms with E-state index in [1.54, 1.807) is 23.9 Å². The van der Waals surface area contributed by atoms with Crippen molar-refractivity contribution in [1.82, 2.24) is 16.0 Å². The number of carbonyl (C=O) groups is 3. The maximum atomic E-state index is 12.5. The molecule has 1 aromatic rings. The van der Waals surface area contributed by atoms with Gasteiger partial charge in [0.25, 0.3) is 0 Å². The summed E-state index contributed by atoms with van der Waals surface area (Å²) < 4.78 is 0. The van der Waals surface area contributed by atoms with Crippen LogP contribution in [-0.4, -0.2) is 60.0 Å². The van der Waals surface area contributed by atoms with Gasteiger partial charge >= 0.3 is 0 Å². The van der Waals surface area contributed by atoms with E-state index < -0.39 is 23.9 Å². The van der Waals surface area contributed by atoms with Crippen LogP contribution < -0.4 is 21.7 Å². The molecule has 0 aliphatic carbocycles. The maximum absolute atomic E-state index is 12.5. The first kappa shape index (κ1) is 25.8. The van der Waals surface area contributed by atoms with Gasteiger partial charge in [0.05, 0.1) is 12.6 Å². The number of amides is 3. The quantitative estimate of drug-likeness (QED) is 0.309. The Morgan fingerprint density at radius 1 is 1.07 bits per heavy atom. The van der Waals surface area contributed by atoms with Crippen LogP contribution in [0.5, 0.6) is 5.75 Å². The third-order valence-corrected chi connectivity index (χ3v) is 5.08. The van der Waals surface area contributed by atoms with Gasteiger partial charge in [-0.3, -0.25) is 14.4 Å². The lowest BCUT2D eigenvalue weighted by Crippen LogP contribution is -2.53. The van der Waals surface area contributed by atoms with Crippen LogP contribution in [0.3, 0.4) is 0 Å². The number of carbonyl (C=O) groups excluding carboxylic acids is 3. The van der Waals surface area contributed by atoms with Crippen molar-refractivity contribution in [2.45, 2.75) is 45.2 Å². The second kappa shape index (κ2) is 13.9. The van der Waals surface area contributed by atoms with Gasteiger partial charge in [0.1, 0.15) is 11.8 Å². The second-order valence-corrected chi connectivity index (χ2v) is 8.56. The molecule has 0 bridgehead atoms. The zero-order valence-corrected chi connectivity index (χ0v) is 18.8. The molecule has 6 N–H and O–H groups in total. The standard InChI is InChI=1S/C21H34N4O4S/c1-14(2)8-10-23-19(27)13-24-21(29)18(9-11-30-3)25-20(28)17(22)12-15-4-6-16(26)7-5-15/h4-7,14,17-18,26H,8-13,22H2,1-3H3,(H,23,27)(H,24,29)(H,25,28)/t17-,18+/m0/s1. The Labute approximate surface area is 182 Å². The van der Waals surface area contributed by atoms with Gasteiger partial charge in [-0.05, 0) is 54.9 Å². The molecule has 8 nitrogen and oxygen atoms in total. The lowest BCUT2D eigenvalue weighted by Gasteiger charge is -2.20. The number of hydrogen-bond acceptors (Lipinski definition) is 6. The summed E-state index contributed by atoms with van der Waals surface area (Å²) in [6, 6.07) is 4.84. The van der Waals surface area contributed by atoms with Crippen LogP contribution in [-0.2, 0) is 20.8 Å². The molecule has 168 valence electrons. The highest BCUT2D eigenvalue weighted by Crippen LogP contribution is 2.11. The first-order valence-corrected chi connectivity index (χ1v) is 11.5. The van der Waals surface area contributed by atoms with Crippen molar-refractivity contribution in [3.8, 4) is 5.75 Å². The van der Waals surface area contributed by atoms with Crippen LogP contribution in [0.1, 0.15) is 32.3 Å². The van der Waals surface area contributed by atoms with E-state index in [-0.39, 0.29) is 24.6 Å². The molecule has 0 fully saturated rings. The number of phenolic OH excluding ortho intramolecular Hbond substituents is 1. The Kier molecular flexibility index (Phi) is 11.9. The topological polar surface area (TPSA) is 134 Å². The number of phenols is 1. The van der Waals surface area contributed by atoms with Crippen LogP contribution in [0.15, 0.2) is 24.3 Å². The van der Waals surface area contributed by atoms with Gasteiger partial charge in [-0.25, -0.2) is 0 Å². The monoisotopic (exact) mass is 438 g/mol. The van der Waals surface area contributed by atoms with Crippen molar-refractivity contribution in [1.29, 1.82) is 0 Å². The molecule has 1 rings (SSSR count). The molecule has 0 aliphatic heterocycles. The molecule has 0 spiro atoms. The molecular weight excluding hydrogens is 404 g/mol. The van der Waals surface area contributed by atoms with Crippen molar-refractivity contribution in [2.24, 2.45) is 11.7 Å². The number of aromatic hydroxyl groups is 1. The number of nitrogens with two attached hydrogens (primary N) is 1. The first-order valence-electron chi connectivity index (χ1n) is 10.1. The van der Waals surface area contributed by atoms with Crippen LogP contribution in [0.2, 0.25) is 0 Å². The minimum Gasteiger partial charge on any atom is -0.508 e. The minimum atomic E-state index is -0.835. The number of hydrogen-bond donors (Lipinski definition) is 5. The minimum absolute atomic E-state index is 0.137. The highest BCUT2D eigenvalue weighted by Gasteiger charge is 2.24. The first-order chi connectivity index (χ1) is 14.2. The van der Waals surface area contributed by atoms with Crippen molar-refractivity contribution in [2.75, 3.05) is 25.1 Å². The number of rotatable bonds is 13. The van der Waals surface area contributed by atoms with Gasteiger partial charge in [0, 0.05) is 6.54 Å². The zero-order valence-electron chi connectivity index (χ0n) is 17.9. The summed E-state index contributed by atoms with van der Waals surface area (Å²) >= 11 is 1.56. The SMILES string of the molecule is CSCC[C@@H](NC(=O)[C@@H](N)Cc1ccc(O)cc1)C(=O)NCC(=O)NCCC(C)C. The summed E-state index contributed by atoms with van der Waals surface area (Å²) in [4.78, 5) is 36.9. The molecule has 0 aromatic heterocycles. The molecule has 1 aromatic carbocycles. The molecule has 9 heteroatoms. The summed E-state index contributed by atoms with van der Waals surface area (Å²) in [6.45, 7) is 4.56. The zero-order chi connectivity index (χ0) is 22.5. The van der Waals surface area contributed by atoms with Crippen molar-refractivity contribution >= 4 is 29.5 Å². The van der Waals surface area contributed by atoms with E-state index in [0.717, 1.165) is 12.0 Å². The molecule has 3 amide bonds. The average molecular weight is 439 g/mol. The van der Waals surface area contributed by atoms with E-state index in [4.69, 9.17) is 5.73 Å². The van der Waals surface area contributed by atoms with Crippen LogP contribution >= 0.6 is 11.8 Å². The fourth-order valence-corrected chi connectivity index (χ4v) is 3.09. The van der Waals surface area contributed by atoms with Crippen molar-refractivity contribution in [3.63, 3.8) is 0 Å². The Bertz CT molecular complexity index is 682. The highest BCUT2D eigenvalue weighted by atomic mass is 32.2. The predicted molar refractivity (Wildman–Crippen MR) is 120 cm³/mol. The van der Waals surface area contributed by atoms with Gasteiger partial charge in [0.15, 0.2) is 0 Å². The molecule has 0 heterocycles. The third kappa shape index (κ3) is 10.5. The Balaban J connectivity index is 2.55. The van der Waals surface area contributed by atoms with E-state index in [2.05, 4.69) is 29.8 Å². The third-order valence-electron chi connectivity index (χ3n) is 4.44. The van der Waals surface area contributed by atoms with E-state index in [1.807, 2.05) is 6.26 Å². The highest BCUT2D eigenvalue weighted by molar-refractivity contribution is 7.98. The maximum Gasteiger partial charge on any atom is 0.243 e. The van der Waals surface area contributed by atoms with Gasteiger partial charge in [-0.2, -0.15) is 11.8 Å². The van der Waals surface area contributed by atoms with Crippen LogP contribution in [0.4, 0.5) is 0 Å². The van der Waals surface area contributed by atoms with Gasteiger partial charge in [0.2, 0.25) is 17.7 Å². The van der Waals surface area contributed by atoms with E-state index >= 15 is 0 Å². The number of benzene rings is 1. The van der Waals surface area contributed by atoms with Gasteiger partial charge in [-0.1, -0.05) is 26.0 Å². The van der Waals surface area contributed by atoms with Gasteiger partial charge < -0.3 is 26.8 Å². The Hall–Kier alpha value is -2.26. The number of nitrogens with one attached hydrogen (secondary N) is 3. The summed E-state index contributed by atoms with van der Waals surface area (Å²) in [6.07, 6.45) is 3.49. The smallest absolute Gasteiger partial charge is 0.243 e. The summed E-state index contributed by atoms with van der Waals surface area (Å²) in [7, 11) is 0. The molecule has 0 radical (unpaired) electrons. The fourth-order valence-electron chi connectivity index (χ4n) is 2.62. The molecule has 2 atom stereocenters. The summed E-state index contributed by atoms with van der Waals surface area (Å²) in [5, 5.41) is 17.4. The summed E-state index contributed by atoms with van der Waals surface area (Å²) in [5.41, 5.74) is 6.79. The lowest BCUT2D eigenvalue weighted by atomic mass is 10.1. The molecule has 0 saturated heterocycles.